The monoisotopic (exact) mass is 421 g/mol. The minimum atomic E-state index is 0. The highest BCUT2D eigenvalue weighted by Gasteiger charge is 2.46. The number of benzene rings is 2. The van der Waals surface area contributed by atoms with Gasteiger partial charge in [0.2, 0.25) is 0 Å². The van der Waals surface area contributed by atoms with Crippen molar-refractivity contribution in [2.24, 2.45) is 0 Å². The number of aromatic hydroxyl groups is 1. The Bertz CT molecular complexity index is 720. The smallest absolute Gasteiger partial charge is 0.115 e. The van der Waals surface area contributed by atoms with Crippen molar-refractivity contribution < 1.29 is 5.11 Å². The van der Waals surface area contributed by atoms with Crippen LogP contribution in [0.4, 0.5) is 0 Å². The van der Waals surface area contributed by atoms with Crippen molar-refractivity contribution in [3.05, 3.63) is 64.7 Å². The highest BCUT2D eigenvalue weighted by atomic mass is 79.9. The molecule has 4 heteroatoms. The Morgan fingerprint density at radius 2 is 1.92 bits per heavy atom. The summed E-state index contributed by atoms with van der Waals surface area (Å²) in [4.78, 5) is 2.67. The molecule has 2 nitrogen and oxygen atoms in total. The van der Waals surface area contributed by atoms with Crippen LogP contribution < -0.4 is 0 Å². The minimum Gasteiger partial charge on any atom is -0.508 e. The predicted molar refractivity (Wildman–Crippen MR) is 109 cm³/mol. The lowest BCUT2D eigenvalue weighted by atomic mass is 9.74. The van der Waals surface area contributed by atoms with Crippen LogP contribution in [-0.2, 0) is 11.8 Å². The van der Waals surface area contributed by atoms with E-state index in [0.717, 1.165) is 24.5 Å². The summed E-state index contributed by atoms with van der Waals surface area (Å²) >= 11 is 5.97. The first kappa shape index (κ1) is 18.8. The maximum Gasteiger partial charge on any atom is 0.115 e. The molecule has 2 aromatic rings. The SMILES string of the molecule is Br.Oc1cccc(C23CCC(C2)N(CCc2ccc(Cl)cc2)CC3)c1. The van der Waals surface area contributed by atoms with Crippen molar-refractivity contribution in [1.82, 2.24) is 4.90 Å². The van der Waals surface area contributed by atoms with Gasteiger partial charge in [-0.2, -0.15) is 0 Å². The molecule has 1 aliphatic heterocycles. The summed E-state index contributed by atoms with van der Waals surface area (Å²) < 4.78 is 0. The van der Waals surface area contributed by atoms with Gasteiger partial charge >= 0.3 is 0 Å². The highest BCUT2D eigenvalue weighted by molar-refractivity contribution is 8.93. The van der Waals surface area contributed by atoms with Crippen molar-refractivity contribution in [3.63, 3.8) is 0 Å². The zero-order chi connectivity index (χ0) is 16.6. The number of halogens is 2. The number of hydrogen-bond donors (Lipinski definition) is 1. The first-order valence-electron chi connectivity index (χ1n) is 8.93. The van der Waals surface area contributed by atoms with Crippen LogP contribution in [-0.4, -0.2) is 29.1 Å². The Hall–Kier alpha value is -1.03. The summed E-state index contributed by atoms with van der Waals surface area (Å²) in [6.07, 6.45) is 6.05. The van der Waals surface area contributed by atoms with Gasteiger partial charge < -0.3 is 5.11 Å². The molecule has 1 saturated heterocycles. The van der Waals surface area contributed by atoms with Gasteiger partial charge in [0, 0.05) is 17.6 Å². The normalized spacial score (nSPS) is 25.6. The van der Waals surface area contributed by atoms with Gasteiger partial charge in [0.25, 0.3) is 0 Å². The maximum absolute atomic E-state index is 9.83. The molecule has 2 atom stereocenters. The van der Waals surface area contributed by atoms with E-state index >= 15 is 0 Å². The van der Waals surface area contributed by atoms with E-state index in [1.807, 2.05) is 24.3 Å². The van der Waals surface area contributed by atoms with E-state index in [-0.39, 0.29) is 17.0 Å². The standard InChI is InChI=1S/C21H24ClNO.BrH/c22-18-6-4-16(5-7-18)9-12-23-13-11-21(10-8-19(23)15-21)17-2-1-3-20(24)14-17;/h1-7,14,19,24H,8-13,15H2;1H. The lowest BCUT2D eigenvalue weighted by Gasteiger charge is -2.40. The Morgan fingerprint density at radius 3 is 2.68 bits per heavy atom. The fourth-order valence-electron chi connectivity index (χ4n) is 4.64. The van der Waals surface area contributed by atoms with Crippen LogP contribution in [0.1, 0.15) is 36.8 Å². The Labute approximate surface area is 165 Å². The molecular weight excluding hydrogens is 398 g/mol. The molecule has 0 aromatic heterocycles. The number of hydrogen-bond acceptors (Lipinski definition) is 2. The minimum absolute atomic E-state index is 0. The summed E-state index contributed by atoms with van der Waals surface area (Å²) in [6, 6.07) is 16.9. The van der Waals surface area contributed by atoms with Gasteiger partial charge in [-0.05, 0) is 79.5 Å². The summed E-state index contributed by atoms with van der Waals surface area (Å²) in [7, 11) is 0. The maximum atomic E-state index is 9.83. The van der Waals surface area contributed by atoms with Crippen LogP contribution in [0.15, 0.2) is 48.5 Å². The number of piperidine rings is 1. The first-order chi connectivity index (χ1) is 11.6. The molecule has 4 rings (SSSR count). The van der Waals surface area contributed by atoms with Crippen LogP contribution in [0.5, 0.6) is 5.75 Å². The number of phenolic OH excluding ortho intramolecular Hbond substituents is 1. The van der Waals surface area contributed by atoms with Crippen molar-refractivity contribution in [2.45, 2.75) is 43.6 Å². The van der Waals surface area contributed by atoms with Gasteiger partial charge in [-0.1, -0.05) is 35.9 Å². The number of fused-ring (bicyclic) bond motifs is 2. The molecule has 2 fully saturated rings. The molecule has 2 aliphatic rings. The zero-order valence-corrected chi connectivity index (χ0v) is 16.8. The van der Waals surface area contributed by atoms with Crippen molar-refractivity contribution >= 4 is 28.6 Å². The largest absolute Gasteiger partial charge is 0.508 e. The van der Waals surface area contributed by atoms with E-state index in [9.17, 15) is 5.11 Å². The number of likely N-dealkylation sites (tertiary alicyclic amines) is 1. The van der Waals surface area contributed by atoms with Crippen LogP contribution in [0.25, 0.3) is 0 Å². The molecule has 1 N–H and O–H groups in total. The first-order valence-corrected chi connectivity index (χ1v) is 9.30. The molecule has 25 heavy (non-hydrogen) atoms. The summed E-state index contributed by atoms with van der Waals surface area (Å²) in [5.74, 6) is 0.399. The highest BCUT2D eigenvalue weighted by Crippen LogP contribution is 2.49. The Kier molecular flexibility index (Phi) is 5.77. The summed E-state index contributed by atoms with van der Waals surface area (Å²) in [6.45, 7) is 2.29. The third-order valence-corrected chi connectivity index (χ3v) is 6.29. The zero-order valence-electron chi connectivity index (χ0n) is 14.3. The van der Waals surface area contributed by atoms with E-state index in [4.69, 9.17) is 11.6 Å². The van der Waals surface area contributed by atoms with Gasteiger partial charge in [0.05, 0.1) is 0 Å². The molecule has 2 unspecified atom stereocenters. The summed E-state index contributed by atoms with van der Waals surface area (Å²) in [5, 5.41) is 10.6. The van der Waals surface area contributed by atoms with Crippen molar-refractivity contribution in [1.29, 1.82) is 0 Å². The van der Waals surface area contributed by atoms with Gasteiger partial charge in [-0.15, -0.1) is 17.0 Å². The van der Waals surface area contributed by atoms with Crippen LogP contribution >= 0.6 is 28.6 Å². The molecule has 1 aliphatic carbocycles. The van der Waals surface area contributed by atoms with E-state index in [1.165, 1.54) is 36.8 Å². The molecular formula is C21H25BrClNO. The second-order valence-corrected chi connectivity index (χ2v) is 7.83. The lowest BCUT2D eigenvalue weighted by Crippen LogP contribution is -2.43. The third kappa shape index (κ3) is 3.89. The van der Waals surface area contributed by atoms with Gasteiger partial charge in [0.15, 0.2) is 0 Å². The van der Waals surface area contributed by atoms with Crippen LogP contribution in [0.2, 0.25) is 5.02 Å². The van der Waals surface area contributed by atoms with Crippen LogP contribution in [0, 0.1) is 0 Å². The molecule has 1 heterocycles. The van der Waals surface area contributed by atoms with E-state index < -0.39 is 0 Å². The van der Waals surface area contributed by atoms with Crippen molar-refractivity contribution in [2.75, 3.05) is 13.1 Å². The lowest BCUT2D eigenvalue weighted by molar-refractivity contribution is 0.142. The van der Waals surface area contributed by atoms with E-state index in [1.54, 1.807) is 6.07 Å². The van der Waals surface area contributed by atoms with E-state index in [0.29, 0.717) is 17.2 Å². The molecule has 0 spiro atoms. The molecule has 1 saturated carbocycles. The molecule has 2 bridgehead atoms. The molecule has 0 radical (unpaired) electrons. The Morgan fingerprint density at radius 1 is 1.12 bits per heavy atom. The second kappa shape index (κ2) is 7.69. The molecule has 134 valence electrons. The average Bonchev–Trinajstić information content (AvgIpc) is 2.95. The fourth-order valence-corrected chi connectivity index (χ4v) is 4.76. The number of phenols is 1. The second-order valence-electron chi connectivity index (χ2n) is 7.39. The van der Waals surface area contributed by atoms with Gasteiger partial charge in [-0.3, -0.25) is 4.90 Å². The van der Waals surface area contributed by atoms with Gasteiger partial charge in [-0.25, -0.2) is 0 Å². The van der Waals surface area contributed by atoms with Crippen molar-refractivity contribution in [3.8, 4) is 5.75 Å². The molecule has 2 aromatic carbocycles. The average molecular weight is 423 g/mol. The fraction of sp³-hybridized carbons (Fsp3) is 0.429. The van der Waals surface area contributed by atoms with Gasteiger partial charge in [0.1, 0.15) is 5.75 Å². The molecule has 0 amide bonds. The number of nitrogens with zero attached hydrogens (tertiary/aromatic N) is 1. The van der Waals surface area contributed by atoms with Crippen LogP contribution in [0.3, 0.4) is 0 Å². The predicted octanol–water partition coefficient (Wildman–Crippen LogP) is 5.36. The third-order valence-electron chi connectivity index (χ3n) is 6.04. The topological polar surface area (TPSA) is 23.5 Å². The summed E-state index contributed by atoms with van der Waals surface area (Å²) in [5.41, 5.74) is 2.99. The van der Waals surface area contributed by atoms with E-state index in [2.05, 4.69) is 23.1 Å². The Balaban J connectivity index is 0.00000182. The quantitative estimate of drug-likeness (QED) is 0.716. The number of rotatable bonds is 4.